The molecule has 2 aromatic carbocycles. The fourth-order valence-corrected chi connectivity index (χ4v) is 4.64. The Hall–Kier alpha value is -4.01. The van der Waals surface area contributed by atoms with E-state index in [-0.39, 0.29) is 21.6 Å². The van der Waals surface area contributed by atoms with Crippen molar-refractivity contribution in [3.05, 3.63) is 76.5 Å². The lowest BCUT2D eigenvalue weighted by molar-refractivity contribution is -0.191. The SMILES string of the molecule is COc1cc(C(F)(F)CC(F)(F)F)c(F)cc1-n1c(=O)ccc2cc(S(=O)(=O)Nc3ccon3)ccc21. The highest BCUT2D eigenvalue weighted by Crippen LogP contribution is 2.42. The molecule has 0 aliphatic carbocycles. The number of halogens is 6. The van der Waals surface area contributed by atoms with Crippen molar-refractivity contribution in [1.82, 2.24) is 9.72 Å². The molecule has 4 rings (SSSR count). The lowest BCUT2D eigenvalue weighted by Gasteiger charge is -2.21. The van der Waals surface area contributed by atoms with Crippen LogP contribution in [0.15, 0.2) is 69.0 Å². The van der Waals surface area contributed by atoms with Crippen LogP contribution in [0.3, 0.4) is 0 Å². The molecule has 8 nitrogen and oxygen atoms in total. The summed E-state index contributed by atoms with van der Waals surface area (Å²) in [6.07, 6.45) is -6.74. The van der Waals surface area contributed by atoms with Crippen LogP contribution in [0, 0.1) is 5.82 Å². The summed E-state index contributed by atoms with van der Waals surface area (Å²) in [6, 6.07) is 7.90. The van der Waals surface area contributed by atoms with Gasteiger partial charge in [-0.2, -0.15) is 13.2 Å². The molecular formula is C22H15F6N3O5S. The summed E-state index contributed by atoms with van der Waals surface area (Å²) in [6.45, 7) is 0. The average Bonchev–Trinajstić information content (AvgIpc) is 3.29. The van der Waals surface area contributed by atoms with Gasteiger partial charge in [-0.15, -0.1) is 0 Å². The van der Waals surface area contributed by atoms with E-state index in [1.165, 1.54) is 24.3 Å². The summed E-state index contributed by atoms with van der Waals surface area (Å²) in [5, 5.41) is 3.61. The minimum absolute atomic E-state index is 0.0281. The third-order valence-electron chi connectivity index (χ3n) is 5.18. The van der Waals surface area contributed by atoms with Crippen LogP contribution in [-0.2, 0) is 15.9 Å². The predicted molar refractivity (Wildman–Crippen MR) is 118 cm³/mol. The first-order valence-electron chi connectivity index (χ1n) is 10.1. The van der Waals surface area contributed by atoms with E-state index in [9.17, 15) is 39.6 Å². The van der Waals surface area contributed by atoms with Crippen molar-refractivity contribution < 1.29 is 44.0 Å². The Morgan fingerprint density at radius 1 is 1.05 bits per heavy atom. The van der Waals surface area contributed by atoms with Crippen LogP contribution >= 0.6 is 0 Å². The molecule has 0 atom stereocenters. The number of hydrogen-bond acceptors (Lipinski definition) is 6. The molecule has 0 saturated carbocycles. The van der Waals surface area contributed by atoms with E-state index in [0.717, 1.165) is 30.1 Å². The first kappa shape index (κ1) is 26.1. The highest BCUT2D eigenvalue weighted by molar-refractivity contribution is 7.92. The molecule has 0 aliphatic rings. The number of ether oxygens (including phenoxy) is 1. The summed E-state index contributed by atoms with van der Waals surface area (Å²) in [5.74, 6) is -6.92. The van der Waals surface area contributed by atoms with Crippen LogP contribution in [-0.4, -0.2) is 31.4 Å². The second kappa shape index (κ2) is 9.14. The largest absolute Gasteiger partial charge is 0.495 e. The number of fused-ring (bicyclic) bond motifs is 1. The minimum atomic E-state index is -5.28. The van der Waals surface area contributed by atoms with Gasteiger partial charge < -0.3 is 9.26 Å². The Kier molecular flexibility index (Phi) is 6.44. The minimum Gasteiger partial charge on any atom is -0.495 e. The fourth-order valence-electron chi connectivity index (χ4n) is 3.61. The van der Waals surface area contributed by atoms with Crippen molar-refractivity contribution >= 4 is 26.7 Å². The lowest BCUT2D eigenvalue weighted by Crippen LogP contribution is -2.25. The summed E-state index contributed by atoms with van der Waals surface area (Å²) < 4.78 is 119. The number of alkyl halides is 5. The number of hydrogen-bond donors (Lipinski definition) is 1. The third kappa shape index (κ3) is 5.26. The van der Waals surface area contributed by atoms with Crippen LogP contribution in [0.5, 0.6) is 5.75 Å². The topological polar surface area (TPSA) is 103 Å². The normalized spacial score (nSPS) is 12.6. The molecule has 0 fully saturated rings. The smallest absolute Gasteiger partial charge is 0.395 e. The highest BCUT2D eigenvalue weighted by atomic mass is 32.2. The van der Waals surface area contributed by atoms with Gasteiger partial charge in [-0.25, -0.2) is 21.6 Å². The molecule has 1 N–H and O–H groups in total. The molecule has 0 bridgehead atoms. The molecule has 196 valence electrons. The second-order valence-electron chi connectivity index (χ2n) is 7.72. The van der Waals surface area contributed by atoms with Gasteiger partial charge in [0.25, 0.3) is 21.5 Å². The molecule has 2 heterocycles. The number of methoxy groups -OCH3 is 1. The van der Waals surface area contributed by atoms with Crippen LogP contribution < -0.4 is 15.0 Å². The van der Waals surface area contributed by atoms with E-state index in [1.54, 1.807) is 0 Å². The summed E-state index contributed by atoms with van der Waals surface area (Å²) in [7, 11) is -3.14. The Morgan fingerprint density at radius 2 is 1.78 bits per heavy atom. The third-order valence-corrected chi connectivity index (χ3v) is 6.53. The zero-order valence-corrected chi connectivity index (χ0v) is 19.3. The number of nitrogens with zero attached hydrogens (tertiary/aromatic N) is 2. The monoisotopic (exact) mass is 547 g/mol. The van der Waals surface area contributed by atoms with E-state index < -0.39 is 56.9 Å². The maximum atomic E-state index is 14.7. The van der Waals surface area contributed by atoms with Crippen molar-refractivity contribution in [3.63, 3.8) is 0 Å². The maximum Gasteiger partial charge on any atom is 0.395 e. The van der Waals surface area contributed by atoms with Crippen molar-refractivity contribution in [2.45, 2.75) is 23.4 Å². The first-order chi connectivity index (χ1) is 17.2. The molecule has 4 aromatic rings. The number of pyridine rings is 1. The number of benzene rings is 2. The highest BCUT2D eigenvalue weighted by Gasteiger charge is 2.46. The van der Waals surface area contributed by atoms with Crippen LogP contribution in [0.4, 0.5) is 32.2 Å². The van der Waals surface area contributed by atoms with E-state index in [0.29, 0.717) is 12.1 Å². The van der Waals surface area contributed by atoms with Gasteiger partial charge in [0.05, 0.1) is 28.8 Å². The van der Waals surface area contributed by atoms with Crippen LogP contribution in [0.25, 0.3) is 16.6 Å². The zero-order chi connectivity index (χ0) is 27.2. The Morgan fingerprint density at radius 3 is 2.41 bits per heavy atom. The van der Waals surface area contributed by atoms with Gasteiger partial charge in [-0.3, -0.25) is 14.1 Å². The van der Waals surface area contributed by atoms with E-state index in [4.69, 9.17) is 4.74 Å². The molecule has 2 aromatic heterocycles. The number of sulfonamides is 1. The summed E-state index contributed by atoms with van der Waals surface area (Å²) in [5.41, 5.74) is -2.71. The molecule has 0 spiro atoms. The Labute approximate surface area is 204 Å². The zero-order valence-electron chi connectivity index (χ0n) is 18.5. The Bertz CT molecular complexity index is 1630. The fraction of sp³-hybridized carbons (Fsp3) is 0.182. The number of aromatic nitrogens is 2. The summed E-state index contributed by atoms with van der Waals surface area (Å²) in [4.78, 5) is 12.5. The standard InChI is InChI=1S/C22H15F6N3O5S/c1-35-18-9-14(21(24,25)11-22(26,27)28)15(23)10-17(18)31-16-4-3-13(8-12(16)2-5-20(31)32)37(33,34)30-19-6-7-36-29-19/h2-10H,11H2,1H3,(H,29,30). The lowest BCUT2D eigenvalue weighted by atomic mass is 10.0. The first-order valence-corrected chi connectivity index (χ1v) is 11.6. The molecule has 0 radical (unpaired) electrons. The van der Waals surface area contributed by atoms with Gasteiger partial charge in [0, 0.05) is 23.6 Å². The predicted octanol–water partition coefficient (Wildman–Crippen LogP) is 4.97. The molecule has 15 heteroatoms. The van der Waals surface area contributed by atoms with Gasteiger partial charge in [-0.1, -0.05) is 5.16 Å². The second-order valence-corrected chi connectivity index (χ2v) is 9.40. The maximum absolute atomic E-state index is 14.7. The van der Waals surface area contributed by atoms with Crippen molar-refractivity contribution in [2.24, 2.45) is 0 Å². The van der Waals surface area contributed by atoms with Gasteiger partial charge in [0.15, 0.2) is 5.82 Å². The van der Waals surface area contributed by atoms with Gasteiger partial charge in [-0.05, 0) is 30.3 Å². The van der Waals surface area contributed by atoms with Crippen molar-refractivity contribution in [2.75, 3.05) is 11.8 Å². The van der Waals surface area contributed by atoms with E-state index in [2.05, 4.69) is 14.4 Å². The molecule has 0 amide bonds. The number of anilines is 1. The Balaban J connectivity index is 1.85. The van der Waals surface area contributed by atoms with Gasteiger partial charge in [0.1, 0.15) is 24.3 Å². The van der Waals surface area contributed by atoms with Crippen LogP contribution in [0.2, 0.25) is 0 Å². The molecular weight excluding hydrogens is 532 g/mol. The molecule has 37 heavy (non-hydrogen) atoms. The quantitative estimate of drug-likeness (QED) is 0.328. The molecule has 0 saturated heterocycles. The van der Waals surface area contributed by atoms with E-state index >= 15 is 0 Å². The van der Waals surface area contributed by atoms with Crippen LogP contribution in [0.1, 0.15) is 12.0 Å². The van der Waals surface area contributed by atoms with Crippen molar-refractivity contribution in [3.8, 4) is 11.4 Å². The molecule has 0 unspecified atom stereocenters. The summed E-state index contributed by atoms with van der Waals surface area (Å²) >= 11 is 0. The number of rotatable bonds is 7. The van der Waals surface area contributed by atoms with E-state index in [1.807, 2.05) is 0 Å². The average molecular weight is 547 g/mol. The van der Waals surface area contributed by atoms with Gasteiger partial charge in [0.2, 0.25) is 0 Å². The van der Waals surface area contributed by atoms with Gasteiger partial charge >= 0.3 is 6.18 Å². The molecule has 0 aliphatic heterocycles. The number of nitrogens with one attached hydrogen (secondary N) is 1. The van der Waals surface area contributed by atoms with Crippen molar-refractivity contribution in [1.29, 1.82) is 0 Å².